The number of hydrogen-bond donors (Lipinski definition) is 2. The van der Waals surface area contributed by atoms with E-state index >= 15 is 0 Å². The van der Waals surface area contributed by atoms with Crippen LogP contribution in [0, 0.1) is 0 Å². The van der Waals surface area contributed by atoms with Crippen LogP contribution in [-0.2, 0) is 9.53 Å². The van der Waals surface area contributed by atoms with Crippen molar-refractivity contribution >= 4 is 34.7 Å². The van der Waals surface area contributed by atoms with Crippen molar-refractivity contribution in [3.63, 3.8) is 0 Å². The Morgan fingerprint density at radius 1 is 1.11 bits per heavy atom. The summed E-state index contributed by atoms with van der Waals surface area (Å²) in [6, 6.07) is 13.0. The first-order chi connectivity index (χ1) is 17.0. The molecule has 9 heteroatoms. The first-order valence-electron chi connectivity index (χ1n) is 11.9. The fourth-order valence-corrected chi connectivity index (χ4v) is 4.62. The lowest BCUT2D eigenvalue weighted by atomic mass is 9.78. The molecule has 0 aromatic heterocycles. The summed E-state index contributed by atoms with van der Waals surface area (Å²) in [6.07, 6.45) is 6.13. The number of hydrazone groups is 1. The molecule has 1 saturated carbocycles. The van der Waals surface area contributed by atoms with Crippen LogP contribution in [0.1, 0.15) is 51.0 Å². The number of nitrogens with one attached hydrogen (secondary N) is 2. The molecule has 0 atom stereocenters. The summed E-state index contributed by atoms with van der Waals surface area (Å²) in [4.78, 5) is 11.7. The van der Waals surface area contributed by atoms with Gasteiger partial charge in [-0.2, -0.15) is 5.10 Å². The second-order valence-electron chi connectivity index (χ2n) is 8.63. The van der Waals surface area contributed by atoms with Crippen LogP contribution >= 0.6 is 12.2 Å². The maximum absolute atomic E-state index is 11.7. The minimum Gasteiger partial charge on any atom is -0.497 e. The monoisotopic (exact) mass is 497 g/mol. The van der Waals surface area contributed by atoms with E-state index in [1.54, 1.807) is 20.1 Å². The van der Waals surface area contributed by atoms with Crippen molar-refractivity contribution in [3.05, 3.63) is 48.0 Å². The zero-order valence-electron chi connectivity index (χ0n) is 20.1. The van der Waals surface area contributed by atoms with Gasteiger partial charge in [0.15, 0.2) is 11.7 Å². The van der Waals surface area contributed by atoms with E-state index in [0.717, 1.165) is 54.1 Å². The molecule has 0 radical (unpaired) electrons. The Bertz CT molecular complexity index is 1080. The van der Waals surface area contributed by atoms with Crippen LogP contribution in [0.5, 0.6) is 17.2 Å². The number of fused-ring (bicyclic) bond motifs is 1. The first-order valence-corrected chi connectivity index (χ1v) is 12.3. The average molecular weight is 498 g/mol. The van der Waals surface area contributed by atoms with Gasteiger partial charge in [-0.3, -0.25) is 5.43 Å². The summed E-state index contributed by atoms with van der Waals surface area (Å²) >= 11 is 5.47. The largest absolute Gasteiger partial charge is 0.497 e. The van der Waals surface area contributed by atoms with E-state index in [-0.39, 0.29) is 12.2 Å². The third kappa shape index (κ3) is 6.42. The minimum atomic E-state index is -0.409. The number of anilines is 1. The van der Waals surface area contributed by atoms with Gasteiger partial charge in [0.1, 0.15) is 22.8 Å². The van der Waals surface area contributed by atoms with Gasteiger partial charge in [0.25, 0.3) is 0 Å². The highest BCUT2D eigenvalue weighted by molar-refractivity contribution is 7.80. The van der Waals surface area contributed by atoms with Crippen LogP contribution in [-0.4, -0.2) is 42.7 Å². The van der Waals surface area contributed by atoms with Gasteiger partial charge in [-0.15, -0.1) is 0 Å². The third-order valence-electron chi connectivity index (χ3n) is 6.15. The fourth-order valence-electron chi connectivity index (χ4n) is 4.45. The number of carbonyl (C=O) groups excluding carboxylic acids is 1. The number of nitrogens with zero attached hydrogens (tertiary/aromatic N) is 1. The van der Waals surface area contributed by atoms with Crippen molar-refractivity contribution in [3.8, 4) is 17.2 Å². The molecule has 8 nitrogen and oxygen atoms in total. The Labute approximate surface area is 211 Å². The highest BCUT2D eigenvalue weighted by atomic mass is 32.1. The lowest BCUT2D eigenvalue weighted by Crippen LogP contribution is -2.44. The highest BCUT2D eigenvalue weighted by Gasteiger charge is 2.40. The van der Waals surface area contributed by atoms with Gasteiger partial charge in [0.05, 0.1) is 19.4 Å². The van der Waals surface area contributed by atoms with Crippen LogP contribution in [0.3, 0.4) is 0 Å². The van der Waals surface area contributed by atoms with E-state index in [9.17, 15) is 4.79 Å². The molecule has 1 heterocycles. The number of carbonyl (C=O) groups is 1. The van der Waals surface area contributed by atoms with Crippen molar-refractivity contribution in [2.24, 2.45) is 5.10 Å². The summed E-state index contributed by atoms with van der Waals surface area (Å²) in [5, 5.41) is 8.19. The molecular weight excluding hydrogens is 466 g/mol. The summed E-state index contributed by atoms with van der Waals surface area (Å²) < 4.78 is 22.3. The van der Waals surface area contributed by atoms with Crippen LogP contribution in [0.2, 0.25) is 0 Å². The number of ether oxygens (including phenoxy) is 4. The number of thiocarbonyl (C=S) groups is 1. The topological polar surface area (TPSA) is 90.4 Å². The third-order valence-corrected chi connectivity index (χ3v) is 6.34. The summed E-state index contributed by atoms with van der Waals surface area (Å²) in [7, 11) is 1.63. The van der Waals surface area contributed by atoms with E-state index in [0.29, 0.717) is 23.9 Å². The standard InChI is InChI=1S/C26H31N3O5S/c1-3-32-24(30)17-33-20-11-12-23-21(15-20)22(16-26(34-23)13-5-4-6-14-26)28-29-25(35)27-18-7-9-19(31-2)10-8-18/h7-12,15H,3-6,13-14,16-17H2,1-2H3,(H2,27,29,35)/b28-22+. The molecule has 2 aliphatic rings. The summed E-state index contributed by atoms with van der Waals surface area (Å²) in [5.41, 5.74) is 5.22. The van der Waals surface area contributed by atoms with Crippen LogP contribution < -0.4 is 25.0 Å². The Balaban J connectivity index is 1.52. The summed E-state index contributed by atoms with van der Waals surface area (Å²) in [6.45, 7) is 1.92. The molecule has 0 bridgehead atoms. The Kier molecular flexibility index (Phi) is 8.07. The van der Waals surface area contributed by atoms with E-state index < -0.39 is 5.97 Å². The predicted octanol–water partition coefficient (Wildman–Crippen LogP) is 4.81. The maximum Gasteiger partial charge on any atom is 0.344 e. The van der Waals surface area contributed by atoms with Gasteiger partial charge in [-0.05, 0) is 87.3 Å². The van der Waals surface area contributed by atoms with E-state index in [2.05, 4.69) is 15.8 Å². The number of rotatable bonds is 7. The molecule has 0 saturated heterocycles. The van der Waals surface area contributed by atoms with Gasteiger partial charge < -0.3 is 24.3 Å². The molecule has 1 aliphatic carbocycles. The number of hydrogen-bond acceptors (Lipinski definition) is 7. The SMILES string of the molecule is CCOC(=O)COc1ccc2c(c1)/C(=N/NC(=S)Nc1ccc(OC)cc1)CC1(CCCCC1)O2. The molecule has 1 aliphatic heterocycles. The molecule has 1 fully saturated rings. The number of esters is 1. The predicted molar refractivity (Wildman–Crippen MR) is 139 cm³/mol. The van der Waals surface area contributed by atoms with Crippen LogP contribution in [0.15, 0.2) is 47.6 Å². The Morgan fingerprint density at radius 2 is 1.86 bits per heavy atom. The van der Waals surface area contributed by atoms with Crippen molar-refractivity contribution in [1.29, 1.82) is 0 Å². The van der Waals surface area contributed by atoms with Crippen molar-refractivity contribution < 1.29 is 23.7 Å². The minimum absolute atomic E-state index is 0.155. The average Bonchev–Trinajstić information content (AvgIpc) is 2.87. The molecule has 186 valence electrons. The summed E-state index contributed by atoms with van der Waals surface area (Å²) in [5.74, 6) is 1.67. The van der Waals surface area contributed by atoms with Gasteiger partial charge in [-0.25, -0.2) is 4.79 Å². The smallest absolute Gasteiger partial charge is 0.344 e. The second-order valence-corrected chi connectivity index (χ2v) is 9.04. The Hall–Kier alpha value is -3.33. The fraction of sp³-hybridized carbons (Fsp3) is 0.423. The molecule has 2 aromatic carbocycles. The first kappa shape index (κ1) is 24.8. The van der Waals surface area contributed by atoms with Crippen LogP contribution in [0.25, 0.3) is 0 Å². The number of benzene rings is 2. The lowest BCUT2D eigenvalue weighted by Gasteiger charge is -2.41. The number of methoxy groups -OCH3 is 1. The zero-order valence-corrected chi connectivity index (χ0v) is 20.9. The van der Waals surface area contributed by atoms with Gasteiger partial charge in [-0.1, -0.05) is 6.42 Å². The van der Waals surface area contributed by atoms with Crippen molar-refractivity contribution in [2.45, 2.75) is 51.0 Å². The molecule has 4 rings (SSSR count). The molecule has 1 spiro atoms. The molecule has 2 N–H and O–H groups in total. The van der Waals surface area contributed by atoms with E-state index in [1.165, 1.54) is 6.42 Å². The molecule has 0 unspecified atom stereocenters. The quantitative estimate of drug-likeness (QED) is 0.320. The van der Waals surface area contributed by atoms with E-state index in [1.807, 2.05) is 36.4 Å². The molecule has 0 amide bonds. The maximum atomic E-state index is 11.7. The molecule has 2 aromatic rings. The van der Waals surface area contributed by atoms with E-state index in [4.69, 9.17) is 31.2 Å². The second kappa shape index (κ2) is 11.4. The highest BCUT2D eigenvalue weighted by Crippen LogP contribution is 2.43. The Morgan fingerprint density at radius 3 is 2.57 bits per heavy atom. The van der Waals surface area contributed by atoms with Gasteiger partial charge >= 0.3 is 5.97 Å². The van der Waals surface area contributed by atoms with Crippen LogP contribution in [0.4, 0.5) is 5.69 Å². The zero-order chi connectivity index (χ0) is 24.7. The van der Waals surface area contributed by atoms with Crippen molar-refractivity contribution in [2.75, 3.05) is 25.6 Å². The molecule has 35 heavy (non-hydrogen) atoms. The molecular formula is C26H31N3O5S. The normalized spacial score (nSPS) is 17.1. The van der Waals surface area contributed by atoms with Gasteiger partial charge in [0, 0.05) is 17.7 Å². The van der Waals surface area contributed by atoms with Gasteiger partial charge in [0.2, 0.25) is 0 Å². The lowest BCUT2D eigenvalue weighted by molar-refractivity contribution is -0.145. The van der Waals surface area contributed by atoms with Crippen molar-refractivity contribution in [1.82, 2.24) is 5.43 Å².